The molecule has 1 amide bonds. The van der Waals surface area contributed by atoms with E-state index in [9.17, 15) is 4.79 Å². The summed E-state index contributed by atoms with van der Waals surface area (Å²) in [5, 5.41) is 3.16. The van der Waals surface area contributed by atoms with Crippen molar-refractivity contribution in [2.45, 2.75) is 33.4 Å². The summed E-state index contributed by atoms with van der Waals surface area (Å²) in [4.78, 5) is 13.8. The van der Waals surface area contributed by atoms with Gasteiger partial charge in [-0.15, -0.1) is 0 Å². The monoisotopic (exact) mass is 380 g/mol. The molecular formula is C12H18Br2N2O2. The normalized spacial score (nSPS) is 12.5. The van der Waals surface area contributed by atoms with Gasteiger partial charge in [0.1, 0.15) is 5.76 Å². The molecule has 1 heterocycles. The summed E-state index contributed by atoms with van der Waals surface area (Å²) in [5.74, 6) is 0.901. The van der Waals surface area contributed by atoms with E-state index in [1.165, 1.54) is 0 Å². The SMILES string of the molecule is CCN(CC)C(=O)C(C)NCc1cc(Br)c(Br)o1. The smallest absolute Gasteiger partial charge is 0.239 e. The van der Waals surface area contributed by atoms with Crippen LogP contribution in [-0.2, 0) is 11.3 Å². The lowest BCUT2D eigenvalue weighted by molar-refractivity contribution is -0.132. The lowest BCUT2D eigenvalue weighted by Crippen LogP contribution is -2.44. The van der Waals surface area contributed by atoms with Crippen molar-refractivity contribution in [3.63, 3.8) is 0 Å². The minimum absolute atomic E-state index is 0.115. The molecule has 4 nitrogen and oxygen atoms in total. The zero-order valence-electron chi connectivity index (χ0n) is 10.8. The van der Waals surface area contributed by atoms with Crippen molar-refractivity contribution in [1.82, 2.24) is 10.2 Å². The van der Waals surface area contributed by atoms with Crippen LogP contribution >= 0.6 is 31.9 Å². The Bertz CT molecular complexity index is 383. The van der Waals surface area contributed by atoms with Gasteiger partial charge < -0.3 is 9.32 Å². The Hall–Kier alpha value is -0.330. The molecule has 6 heteroatoms. The highest BCUT2D eigenvalue weighted by Crippen LogP contribution is 2.26. The van der Waals surface area contributed by atoms with Crippen molar-refractivity contribution in [3.8, 4) is 0 Å². The molecule has 18 heavy (non-hydrogen) atoms. The number of carbonyl (C=O) groups excluding carboxylic acids is 1. The first-order chi connectivity index (χ1) is 8.49. The number of nitrogens with one attached hydrogen (secondary N) is 1. The van der Waals surface area contributed by atoms with Crippen molar-refractivity contribution in [3.05, 3.63) is 21.0 Å². The number of nitrogens with zero attached hydrogens (tertiary/aromatic N) is 1. The number of amides is 1. The summed E-state index contributed by atoms with van der Waals surface area (Å²) in [6, 6.07) is 1.67. The standard InChI is InChI=1S/C12H18Br2N2O2/c1-4-16(5-2)12(17)8(3)15-7-9-6-10(13)11(14)18-9/h6,8,15H,4-5,7H2,1-3H3. The minimum atomic E-state index is -0.215. The molecule has 1 N–H and O–H groups in total. The zero-order valence-corrected chi connectivity index (χ0v) is 14.0. The highest BCUT2D eigenvalue weighted by atomic mass is 79.9. The van der Waals surface area contributed by atoms with Crippen molar-refractivity contribution in [1.29, 1.82) is 0 Å². The van der Waals surface area contributed by atoms with Crippen molar-refractivity contribution in [2.75, 3.05) is 13.1 Å². The summed E-state index contributed by atoms with van der Waals surface area (Å²) in [6.07, 6.45) is 0. The number of likely N-dealkylation sites (N-methyl/N-ethyl adjacent to an activating group) is 1. The van der Waals surface area contributed by atoms with Crippen LogP contribution in [0.25, 0.3) is 0 Å². The topological polar surface area (TPSA) is 45.5 Å². The first-order valence-electron chi connectivity index (χ1n) is 5.95. The van der Waals surface area contributed by atoms with E-state index in [1.807, 2.05) is 31.7 Å². The molecule has 1 atom stereocenters. The van der Waals surface area contributed by atoms with E-state index in [0.717, 1.165) is 23.3 Å². The van der Waals surface area contributed by atoms with Crippen LogP contribution in [0.15, 0.2) is 19.6 Å². The lowest BCUT2D eigenvalue weighted by atomic mass is 10.2. The lowest BCUT2D eigenvalue weighted by Gasteiger charge is -2.23. The second-order valence-corrected chi connectivity index (χ2v) is 5.52. The average Bonchev–Trinajstić information content (AvgIpc) is 2.67. The molecule has 0 aromatic carbocycles. The van der Waals surface area contributed by atoms with E-state index in [0.29, 0.717) is 11.2 Å². The molecule has 0 aliphatic carbocycles. The van der Waals surface area contributed by atoms with Gasteiger partial charge in [-0.25, -0.2) is 0 Å². The molecule has 0 saturated carbocycles. The predicted octanol–water partition coefficient (Wildman–Crippen LogP) is 3.15. The molecule has 0 bridgehead atoms. The molecule has 102 valence electrons. The van der Waals surface area contributed by atoms with Crippen LogP contribution in [0.3, 0.4) is 0 Å². The molecule has 0 aliphatic rings. The van der Waals surface area contributed by atoms with Gasteiger partial charge in [0.15, 0.2) is 4.67 Å². The van der Waals surface area contributed by atoms with Gasteiger partial charge in [0, 0.05) is 13.1 Å². The van der Waals surface area contributed by atoms with Gasteiger partial charge in [-0.3, -0.25) is 10.1 Å². The van der Waals surface area contributed by atoms with Crippen LogP contribution in [-0.4, -0.2) is 29.9 Å². The third kappa shape index (κ3) is 4.10. The van der Waals surface area contributed by atoms with E-state index in [4.69, 9.17) is 4.42 Å². The molecule has 0 fully saturated rings. The maximum absolute atomic E-state index is 12.0. The Morgan fingerprint density at radius 1 is 1.44 bits per heavy atom. The van der Waals surface area contributed by atoms with Crippen LogP contribution in [0.2, 0.25) is 0 Å². The van der Waals surface area contributed by atoms with Crippen LogP contribution in [0, 0.1) is 0 Å². The summed E-state index contributed by atoms with van der Waals surface area (Å²) in [6.45, 7) is 7.83. The van der Waals surface area contributed by atoms with Gasteiger partial charge in [-0.05, 0) is 58.7 Å². The fourth-order valence-corrected chi connectivity index (χ4v) is 2.29. The Balaban J connectivity index is 2.50. The van der Waals surface area contributed by atoms with Gasteiger partial charge in [0.2, 0.25) is 5.91 Å². The summed E-state index contributed by atoms with van der Waals surface area (Å²) < 4.78 is 6.99. The molecule has 0 saturated heterocycles. The van der Waals surface area contributed by atoms with Gasteiger partial charge in [0.05, 0.1) is 17.1 Å². The first kappa shape index (κ1) is 15.7. The van der Waals surface area contributed by atoms with Crippen molar-refractivity contribution < 1.29 is 9.21 Å². The summed E-state index contributed by atoms with van der Waals surface area (Å²) in [7, 11) is 0. The Kier molecular flexibility index (Phi) is 6.38. The average molecular weight is 382 g/mol. The molecule has 0 radical (unpaired) electrons. The Morgan fingerprint density at radius 2 is 2.06 bits per heavy atom. The molecule has 1 aromatic rings. The molecular weight excluding hydrogens is 364 g/mol. The maximum Gasteiger partial charge on any atom is 0.239 e. The van der Waals surface area contributed by atoms with Crippen LogP contribution in [0.4, 0.5) is 0 Å². The summed E-state index contributed by atoms with van der Waals surface area (Å²) in [5.41, 5.74) is 0. The summed E-state index contributed by atoms with van der Waals surface area (Å²) >= 11 is 6.64. The highest BCUT2D eigenvalue weighted by molar-refractivity contribution is 9.13. The van der Waals surface area contributed by atoms with E-state index < -0.39 is 0 Å². The second-order valence-electron chi connectivity index (χ2n) is 3.95. The van der Waals surface area contributed by atoms with Gasteiger partial charge >= 0.3 is 0 Å². The van der Waals surface area contributed by atoms with Crippen LogP contribution in [0.1, 0.15) is 26.5 Å². The largest absolute Gasteiger partial charge is 0.452 e. The minimum Gasteiger partial charge on any atom is -0.452 e. The predicted molar refractivity (Wildman–Crippen MR) is 78.3 cm³/mol. The number of rotatable bonds is 6. The Labute approximate surface area is 124 Å². The maximum atomic E-state index is 12.0. The van der Waals surface area contributed by atoms with E-state index in [1.54, 1.807) is 0 Å². The zero-order chi connectivity index (χ0) is 13.7. The number of carbonyl (C=O) groups is 1. The third-order valence-electron chi connectivity index (χ3n) is 2.72. The van der Waals surface area contributed by atoms with Gasteiger partial charge in [-0.2, -0.15) is 0 Å². The van der Waals surface area contributed by atoms with Crippen LogP contribution < -0.4 is 5.32 Å². The van der Waals surface area contributed by atoms with E-state index in [2.05, 4.69) is 37.2 Å². The van der Waals surface area contributed by atoms with Crippen molar-refractivity contribution >= 4 is 37.8 Å². The van der Waals surface area contributed by atoms with Gasteiger partial charge in [0.25, 0.3) is 0 Å². The van der Waals surface area contributed by atoms with Crippen LogP contribution in [0.5, 0.6) is 0 Å². The number of hydrogen-bond acceptors (Lipinski definition) is 3. The van der Waals surface area contributed by atoms with Crippen molar-refractivity contribution in [2.24, 2.45) is 0 Å². The Morgan fingerprint density at radius 3 is 2.50 bits per heavy atom. The van der Waals surface area contributed by atoms with E-state index in [-0.39, 0.29) is 11.9 Å². The second kappa shape index (κ2) is 7.31. The molecule has 1 unspecified atom stereocenters. The molecule has 0 spiro atoms. The third-order valence-corrected chi connectivity index (χ3v) is 4.43. The quantitative estimate of drug-likeness (QED) is 0.823. The first-order valence-corrected chi connectivity index (χ1v) is 7.54. The fraction of sp³-hybridized carbons (Fsp3) is 0.583. The number of hydrogen-bond donors (Lipinski definition) is 1. The number of furan rings is 1. The molecule has 0 aliphatic heterocycles. The fourth-order valence-electron chi connectivity index (χ4n) is 1.63. The number of halogens is 2. The molecule has 1 aromatic heterocycles. The van der Waals surface area contributed by atoms with Gasteiger partial charge in [-0.1, -0.05) is 0 Å². The highest BCUT2D eigenvalue weighted by Gasteiger charge is 2.18. The van der Waals surface area contributed by atoms with E-state index >= 15 is 0 Å². The molecule has 1 rings (SSSR count).